The number of carbonyl (C=O) groups is 1. The Balaban J connectivity index is 1.63. The first-order chi connectivity index (χ1) is 10.7. The van der Waals surface area contributed by atoms with Gasteiger partial charge in [-0.25, -0.2) is 4.98 Å². The lowest BCUT2D eigenvalue weighted by atomic mass is 10.1. The average molecular weight is 333 g/mol. The third-order valence-electron chi connectivity index (χ3n) is 4.12. The van der Waals surface area contributed by atoms with Crippen LogP contribution in [0.2, 0.25) is 0 Å². The molecule has 1 atom stereocenters. The molecule has 0 saturated carbocycles. The smallest absolute Gasteiger partial charge is 0.175 e. The number of carbonyl (C=O) groups excluding carboxylic acids is 1. The molecule has 22 heavy (non-hydrogen) atoms. The zero-order valence-electron chi connectivity index (χ0n) is 12.5. The summed E-state index contributed by atoms with van der Waals surface area (Å²) in [7, 11) is 0. The van der Waals surface area contributed by atoms with Crippen LogP contribution in [0.25, 0.3) is 11.0 Å². The number of nitrogens with zero attached hydrogens (tertiary/aromatic N) is 2. The van der Waals surface area contributed by atoms with Crippen LogP contribution in [0.4, 0.5) is 0 Å². The molecule has 0 unspecified atom stereocenters. The molecule has 0 aromatic carbocycles. The lowest BCUT2D eigenvalue weighted by Crippen LogP contribution is -2.40. The molecule has 1 aliphatic heterocycles. The van der Waals surface area contributed by atoms with Crippen LogP contribution in [0, 0.1) is 0 Å². The normalized spacial score (nSPS) is 18.6. The number of hydrogen-bond acceptors (Lipinski definition) is 4. The number of likely N-dealkylation sites (tertiary alicyclic amines) is 1. The van der Waals surface area contributed by atoms with E-state index in [9.17, 15) is 4.79 Å². The van der Waals surface area contributed by atoms with Gasteiger partial charge in [-0.2, -0.15) is 0 Å². The Morgan fingerprint density at radius 2 is 2.41 bits per heavy atom. The van der Waals surface area contributed by atoms with E-state index in [1.165, 1.54) is 31.0 Å². The van der Waals surface area contributed by atoms with Gasteiger partial charge in [0.1, 0.15) is 9.97 Å². The fourth-order valence-electron chi connectivity index (χ4n) is 2.84. The van der Waals surface area contributed by atoms with Gasteiger partial charge in [0.15, 0.2) is 5.78 Å². The van der Waals surface area contributed by atoms with Crippen molar-refractivity contribution in [2.45, 2.75) is 32.2 Å². The molecule has 1 fully saturated rings. The third kappa shape index (κ3) is 3.17. The lowest BCUT2D eigenvalue weighted by molar-refractivity contribution is 0.102. The molecule has 1 saturated heterocycles. The van der Waals surface area contributed by atoms with Crippen LogP contribution in [-0.4, -0.2) is 43.3 Å². The molecule has 0 spiro atoms. The minimum Gasteiger partial charge on any atom is -0.355 e. The van der Waals surface area contributed by atoms with Gasteiger partial charge in [-0.1, -0.05) is 24.0 Å². The zero-order chi connectivity index (χ0) is 15.5. The fourth-order valence-corrected chi connectivity index (χ4v) is 4.14. The van der Waals surface area contributed by atoms with E-state index in [1.807, 2.05) is 12.1 Å². The standard InChI is InChI=1S/C16H19N3OS2/c1-11-5-2-3-8-19(11)16(21)22-10-14(20)13-9-18-15-12(13)6-4-7-17-15/h4,6-7,9,11H,2-3,5,8,10H2,1H3,(H,17,18)/t11-/m1/s1. The summed E-state index contributed by atoms with van der Waals surface area (Å²) in [4.78, 5) is 22.0. The number of piperidine rings is 1. The van der Waals surface area contributed by atoms with Crippen molar-refractivity contribution in [3.63, 3.8) is 0 Å². The number of nitrogens with one attached hydrogen (secondary N) is 1. The van der Waals surface area contributed by atoms with E-state index in [1.54, 1.807) is 12.4 Å². The van der Waals surface area contributed by atoms with Crippen LogP contribution in [0.15, 0.2) is 24.5 Å². The van der Waals surface area contributed by atoms with Crippen molar-refractivity contribution in [1.29, 1.82) is 0 Å². The summed E-state index contributed by atoms with van der Waals surface area (Å²) < 4.78 is 0.846. The SMILES string of the molecule is C[C@@H]1CCCCN1C(=S)SCC(=O)c1c[nH]c2ncccc12. The Kier molecular flexibility index (Phi) is 4.78. The number of thiocarbonyl (C=S) groups is 1. The van der Waals surface area contributed by atoms with Gasteiger partial charge in [0, 0.05) is 35.9 Å². The third-order valence-corrected chi connectivity index (χ3v) is 5.59. The molecule has 0 bridgehead atoms. The molecule has 116 valence electrons. The van der Waals surface area contributed by atoms with Crippen LogP contribution in [0.1, 0.15) is 36.5 Å². The monoisotopic (exact) mass is 333 g/mol. The van der Waals surface area contributed by atoms with Gasteiger partial charge in [0.25, 0.3) is 0 Å². The minimum atomic E-state index is 0.0938. The Bertz CT molecular complexity index is 698. The highest BCUT2D eigenvalue weighted by Crippen LogP contribution is 2.23. The van der Waals surface area contributed by atoms with Gasteiger partial charge >= 0.3 is 0 Å². The summed E-state index contributed by atoms with van der Waals surface area (Å²) in [5.74, 6) is 0.473. The van der Waals surface area contributed by atoms with Crippen LogP contribution in [0.3, 0.4) is 0 Å². The molecule has 3 heterocycles. The first-order valence-electron chi connectivity index (χ1n) is 7.55. The van der Waals surface area contributed by atoms with Gasteiger partial charge in [-0.05, 0) is 38.3 Å². The van der Waals surface area contributed by atoms with E-state index in [-0.39, 0.29) is 5.78 Å². The van der Waals surface area contributed by atoms with Gasteiger partial charge in [-0.15, -0.1) is 0 Å². The van der Waals surface area contributed by atoms with E-state index in [0.29, 0.717) is 17.4 Å². The van der Waals surface area contributed by atoms with Crippen LogP contribution >= 0.6 is 24.0 Å². The largest absolute Gasteiger partial charge is 0.355 e. The number of thioether (sulfide) groups is 1. The first kappa shape index (κ1) is 15.5. The molecule has 2 aromatic heterocycles. The van der Waals surface area contributed by atoms with Crippen molar-refractivity contribution in [2.24, 2.45) is 0 Å². The Morgan fingerprint density at radius 3 is 3.23 bits per heavy atom. The number of hydrogen-bond donors (Lipinski definition) is 1. The number of aromatic nitrogens is 2. The van der Waals surface area contributed by atoms with Crippen molar-refractivity contribution in [3.05, 3.63) is 30.1 Å². The highest BCUT2D eigenvalue weighted by molar-refractivity contribution is 8.23. The second kappa shape index (κ2) is 6.79. The molecule has 0 radical (unpaired) electrons. The average Bonchev–Trinajstić information content (AvgIpc) is 2.97. The Hall–Kier alpha value is -1.40. The van der Waals surface area contributed by atoms with Crippen molar-refractivity contribution < 1.29 is 4.79 Å². The van der Waals surface area contributed by atoms with Crippen molar-refractivity contribution in [2.75, 3.05) is 12.3 Å². The topological polar surface area (TPSA) is 49.0 Å². The number of aromatic amines is 1. The molecular formula is C16H19N3OS2. The highest BCUT2D eigenvalue weighted by atomic mass is 32.2. The Labute approximate surface area is 139 Å². The van der Waals surface area contributed by atoms with Gasteiger partial charge < -0.3 is 9.88 Å². The number of ketones is 1. The fraction of sp³-hybridized carbons (Fsp3) is 0.438. The second-order valence-corrected chi connectivity index (χ2v) is 7.23. The zero-order valence-corrected chi connectivity index (χ0v) is 14.2. The molecule has 6 heteroatoms. The summed E-state index contributed by atoms with van der Waals surface area (Å²) in [6.07, 6.45) is 7.10. The molecule has 1 aliphatic rings. The second-order valence-electron chi connectivity index (χ2n) is 5.62. The maximum atomic E-state index is 12.4. The van der Waals surface area contributed by atoms with E-state index < -0.39 is 0 Å². The maximum Gasteiger partial charge on any atom is 0.175 e. The molecule has 4 nitrogen and oxygen atoms in total. The maximum absolute atomic E-state index is 12.4. The van der Waals surface area contributed by atoms with E-state index in [2.05, 4.69) is 21.8 Å². The molecule has 0 aliphatic carbocycles. The van der Waals surface area contributed by atoms with Gasteiger partial charge in [0.05, 0.1) is 5.75 Å². The lowest BCUT2D eigenvalue weighted by Gasteiger charge is -2.35. The van der Waals surface area contributed by atoms with Crippen LogP contribution in [-0.2, 0) is 0 Å². The van der Waals surface area contributed by atoms with Gasteiger partial charge in [-0.3, -0.25) is 4.79 Å². The number of fused-ring (bicyclic) bond motifs is 1. The summed E-state index contributed by atoms with van der Waals surface area (Å²) in [5, 5.41) is 0.880. The molecule has 3 rings (SSSR count). The molecular weight excluding hydrogens is 314 g/mol. The Morgan fingerprint density at radius 1 is 1.55 bits per heavy atom. The minimum absolute atomic E-state index is 0.0938. The quantitative estimate of drug-likeness (QED) is 0.686. The highest BCUT2D eigenvalue weighted by Gasteiger charge is 2.22. The molecule has 2 aromatic rings. The summed E-state index contributed by atoms with van der Waals surface area (Å²) in [6.45, 7) is 3.22. The van der Waals surface area contributed by atoms with E-state index >= 15 is 0 Å². The number of Topliss-reactive ketones (excluding diaryl/α,β-unsaturated/α-hetero) is 1. The van der Waals surface area contributed by atoms with Crippen LogP contribution < -0.4 is 0 Å². The predicted molar refractivity (Wildman–Crippen MR) is 95.5 cm³/mol. The number of pyridine rings is 1. The number of H-pyrrole nitrogens is 1. The van der Waals surface area contributed by atoms with E-state index in [4.69, 9.17) is 12.2 Å². The molecule has 1 N–H and O–H groups in total. The molecule has 0 amide bonds. The predicted octanol–water partition coefficient (Wildman–Crippen LogP) is 3.64. The van der Waals surface area contributed by atoms with Crippen molar-refractivity contribution >= 4 is 45.1 Å². The summed E-state index contributed by atoms with van der Waals surface area (Å²) in [6, 6.07) is 4.25. The van der Waals surface area contributed by atoms with Crippen molar-refractivity contribution in [3.8, 4) is 0 Å². The van der Waals surface area contributed by atoms with Crippen molar-refractivity contribution in [1.82, 2.24) is 14.9 Å². The van der Waals surface area contributed by atoms with Gasteiger partial charge in [0.2, 0.25) is 0 Å². The van der Waals surface area contributed by atoms with E-state index in [0.717, 1.165) is 21.9 Å². The number of rotatable bonds is 3. The van der Waals surface area contributed by atoms with Crippen LogP contribution in [0.5, 0.6) is 0 Å². The summed E-state index contributed by atoms with van der Waals surface area (Å²) in [5.41, 5.74) is 1.45. The summed E-state index contributed by atoms with van der Waals surface area (Å²) >= 11 is 6.99. The first-order valence-corrected chi connectivity index (χ1v) is 8.95.